The first-order valence-corrected chi connectivity index (χ1v) is 25.4. The van der Waals surface area contributed by atoms with E-state index in [-0.39, 0.29) is 44.1 Å². The third-order valence-corrected chi connectivity index (χ3v) is 11.8. The molecule has 0 radical (unpaired) electrons. The lowest BCUT2D eigenvalue weighted by Gasteiger charge is -2.22. The number of nitrogens with zero attached hydrogens (tertiary/aromatic N) is 1. The number of esters is 3. The van der Waals surface area contributed by atoms with Gasteiger partial charge in [0.1, 0.15) is 25.6 Å². The molecule has 1 unspecified atom stereocenters. The molecule has 2 aromatic rings. The second kappa shape index (κ2) is 38.0. The summed E-state index contributed by atoms with van der Waals surface area (Å²) >= 11 is 0. The van der Waals surface area contributed by atoms with Crippen LogP contribution in [0.5, 0.6) is 5.75 Å². The largest absolute Gasteiger partial charge is 0.514 e. The van der Waals surface area contributed by atoms with Gasteiger partial charge in [-0.2, -0.15) is 0 Å². The molecular formula is C53H81NO13. The van der Waals surface area contributed by atoms with Crippen LogP contribution in [-0.2, 0) is 44.7 Å². The van der Waals surface area contributed by atoms with Gasteiger partial charge >= 0.3 is 30.0 Å². The number of nitro benzene ring substituents is 1. The van der Waals surface area contributed by atoms with Crippen LogP contribution in [-0.4, -0.2) is 59.4 Å². The van der Waals surface area contributed by atoms with Gasteiger partial charge in [-0.1, -0.05) is 192 Å². The minimum atomic E-state index is -1.26. The number of benzene rings is 2. The number of non-ortho nitro benzene ring substituents is 1. The summed E-state index contributed by atoms with van der Waals surface area (Å²) in [6, 6.07) is 11.0. The zero-order valence-electron chi connectivity index (χ0n) is 40.7. The van der Waals surface area contributed by atoms with E-state index in [9.17, 15) is 39.2 Å². The summed E-state index contributed by atoms with van der Waals surface area (Å²) in [6.07, 6.45) is 28.2. The number of carboxylic acid groups (broad SMARTS) is 1. The Labute approximate surface area is 399 Å². The predicted molar refractivity (Wildman–Crippen MR) is 258 cm³/mol. The molecule has 0 heterocycles. The maximum Gasteiger partial charge on any atom is 0.514 e. The van der Waals surface area contributed by atoms with Gasteiger partial charge in [0.15, 0.2) is 6.10 Å². The van der Waals surface area contributed by atoms with Crippen molar-refractivity contribution in [2.45, 2.75) is 219 Å². The van der Waals surface area contributed by atoms with Gasteiger partial charge in [0, 0.05) is 25.0 Å². The number of hydrogen-bond donors (Lipinski definition) is 1. The molecule has 0 saturated heterocycles. The lowest BCUT2D eigenvalue weighted by molar-refractivity contribution is -0.384. The van der Waals surface area contributed by atoms with E-state index in [2.05, 4.69) is 13.8 Å². The van der Waals surface area contributed by atoms with Crippen molar-refractivity contribution in [3.63, 3.8) is 0 Å². The molecule has 0 aliphatic carbocycles. The molecule has 2 rings (SSSR count). The molecule has 0 amide bonds. The lowest BCUT2D eigenvalue weighted by Crippen LogP contribution is -2.33. The average Bonchev–Trinajstić information content (AvgIpc) is 3.31. The van der Waals surface area contributed by atoms with Crippen LogP contribution in [0.3, 0.4) is 0 Å². The fourth-order valence-electron chi connectivity index (χ4n) is 7.71. The zero-order chi connectivity index (χ0) is 48.7. The Morgan fingerprint density at radius 3 is 1.34 bits per heavy atom. The normalized spacial score (nSPS) is 11.5. The summed E-state index contributed by atoms with van der Waals surface area (Å²) in [5, 5.41) is 20.6. The molecule has 0 saturated carbocycles. The number of carbonyl (C=O) groups excluding carboxylic acids is 4. The second-order valence-electron chi connectivity index (χ2n) is 17.7. The number of nitro groups is 1. The average molecular weight is 940 g/mol. The summed E-state index contributed by atoms with van der Waals surface area (Å²) in [5.74, 6) is -4.28. The molecule has 1 atom stereocenters. The predicted octanol–water partition coefficient (Wildman–Crippen LogP) is 13.8. The van der Waals surface area contributed by atoms with Gasteiger partial charge in [-0.15, -0.1) is 0 Å². The summed E-state index contributed by atoms with van der Waals surface area (Å²) < 4.78 is 26.9. The number of carboxylic acids is 1. The van der Waals surface area contributed by atoms with E-state index in [1.54, 1.807) is 12.1 Å². The Morgan fingerprint density at radius 2 is 0.955 bits per heavy atom. The van der Waals surface area contributed by atoms with Crippen molar-refractivity contribution in [2.75, 3.05) is 13.2 Å². The minimum absolute atomic E-state index is 0.0495. The van der Waals surface area contributed by atoms with Crippen LogP contribution >= 0.6 is 0 Å². The first-order chi connectivity index (χ1) is 32.5. The molecular weight excluding hydrogens is 859 g/mol. The first kappa shape index (κ1) is 58.1. The third-order valence-electron chi connectivity index (χ3n) is 11.8. The van der Waals surface area contributed by atoms with Gasteiger partial charge in [-0.05, 0) is 36.1 Å². The lowest BCUT2D eigenvalue weighted by atomic mass is 9.95. The highest BCUT2D eigenvalue weighted by molar-refractivity contribution is 5.84. The zero-order valence-corrected chi connectivity index (χ0v) is 40.7. The Morgan fingerprint density at radius 1 is 0.552 bits per heavy atom. The number of unbranched alkanes of at least 4 members (excludes halogenated alkanes) is 24. The van der Waals surface area contributed by atoms with Crippen molar-refractivity contribution in [3.8, 4) is 5.75 Å². The summed E-state index contributed by atoms with van der Waals surface area (Å²) in [6.45, 7) is 3.52. The van der Waals surface area contributed by atoms with Crippen molar-refractivity contribution < 1.29 is 57.7 Å². The quantitative estimate of drug-likeness (QED) is 0.0165. The smallest absolute Gasteiger partial charge is 0.481 e. The highest BCUT2D eigenvalue weighted by Gasteiger charge is 2.29. The molecule has 0 spiro atoms. The van der Waals surface area contributed by atoms with Gasteiger partial charge in [-0.3, -0.25) is 29.3 Å². The van der Waals surface area contributed by atoms with E-state index in [0.29, 0.717) is 24.0 Å². The van der Waals surface area contributed by atoms with E-state index in [1.165, 1.54) is 152 Å². The van der Waals surface area contributed by atoms with Crippen LogP contribution in [0.25, 0.3) is 0 Å². The van der Waals surface area contributed by atoms with E-state index in [4.69, 9.17) is 23.7 Å². The number of hydrogen-bond acceptors (Lipinski definition) is 12. The Kier molecular flexibility index (Phi) is 33.0. The minimum Gasteiger partial charge on any atom is -0.481 e. The van der Waals surface area contributed by atoms with E-state index < -0.39 is 53.4 Å². The van der Waals surface area contributed by atoms with E-state index in [0.717, 1.165) is 38.5 Å². The third kappa shape index (κ3) is 30.1. The number of rotatable bonds is 41. The molecule has 0 aliphatic rings. The van der Waals surface area contributed by atoms with Crippen molar-refractivity contribution in [1.29, 1.82) is 0 Å². The molecule has 0 bridgehead atoms. The first-order valence-electron chi connectivity index (χ1n) is 25.4. The second-order valence-corrected chi connectivity index (χ2v) is 17.7. The van der Waals surface area contributed by atoms with Gasteiger partial charge in [-0.25, -0.2) is 4.79 Å². The van der Waals surface area contributed by atoms with E-state index >= 15 is 0 Å². The molecule has 2 aromatic carbocycles. The van der Waals surface area contributed by atoms with Gasteiger partial charge in [0.2, 0.25) is 0 Å². The summed E-state index contributed by atoms with van der Waals surface area (Å²) in [7, 11) is 0. The monoisotopic (exact) mass is 940 g/mol. The Hall–Kier alpha value is -5.01. The highest BCUT2D eigenvalue weighted by atomic mass is 16.7. The molecule has 14 nitrogen and oxygen atoms in total. The molecule has 14 heteroatoms. The van der Waals surface area contributed by atoms with Crippen molar-refractivity contribution >= 4 is 35.7 Å². The maximum atomic E-state index is 13.6. The molecule has 376 valence electrons. The van der Waals surface area contributed by atoms with Crippen LogP contribution in [0.1, 0.15) is 217 Å². The number of ether oxygens (including phenoxy) is 5. The van der Waals surface area contributed by atoms with E-state index in [1.807, 2.05) is 0 Å². The van der Waals surface area contributed by atoms with Crippen LogP contribution in [0.15, 0.2) is 48.5 Å². The van der Waals surface area contributed by atoms with Crippen LogP contribution in [0, 0.1) is 10.1 Å². The Balaban J connectivity index is 1.89. The SMILES string of the molecule is CCCCCCCCCCCCCCCC(=O)OCC(COC(=O)CCCCCCCCCCCCCCC)OC(=O)C(CC(=O)O)c1ccc(COC(=O)Oc2ccc([N+](=O)[O-])cc2)cc1. The maximum absolute atomic E-state index is 13.6. The Bertz CT molecular complexity index is 1620. The number of carbonyl (C=O) groups is 5. The molecule has 67 heavy (non-hydrogen) atoms. The van der Waals surface area contributed by atoms with Crippen molar-refractivity contribution in [3.05, 3.63) is 69.8 Å². The van der Waals surface area contributed by atoms with Gasteiger partial charge in [0.25, 0.3) is 5.69 Å². The fraction of sp³-hybridized carbons (Fsp3) is 0.679. The molecule has 1 N–H and O–H groups in total. The molecule has 0 fully saturated rings. The van der Waals surface area contributed by atoms with Gasteiger partial charge < -0.3 is 28.8 Å². The van der Waals surface area contributed by atoms with Crippen LogP contribution in [0.2, 0.25) is 0 Å². The van der Waals surface area contributed by atoms with Crippen LogP contribution < -0.4 is 4.74 Å². The fourth-order valence-corrected chi connectivity index (χ4v) is 7.71. The van der Waals surface area contributed by atoms with Crippen LogP contribution in [0.4, 0.5) is 10.5 Å². The molecule has 0 aliphatic heterocycles. The standard InChI is InChI=1S/C53H81NO13/c1-3-5-7-9-11-13-15-17-19-21-23-25-27-29-50(57)63-41-47(42-64-51(58)30-28-26-24-22-20-18-16-14-12-10-8-6-4-2)66-52(59)48(39-49(55)56)44-33-31-43(32-34-44)40-65-53(60)67-46-37-35-45(36-38-46)54(61)62/h31-38,47-48H,3-30,39-42H2,1-2H3,(H,55,56). The topological polar surface area (TPSA) is 195 Å². The highest BCUT2D eigenvalue weighted by Crippen LogP contribution is 2.25. The molecule has 0 aromatic heterocycles. The number of aliphatic carboxylic acids is 1. The van der Waals surface area contributed by atoms with Gasteiger partial charge in [0.05, 0.1) is 17.3 Å². The van der Waals surface area contributed by atoms with Crippen molar-refractivity contribution in [1.82, 2.24) is 0 Å². The van der Waals surface area contributed by atoms with Crippen molar-refractivity contribution in [2.24, 2.45) is 0 Å². The summed E-state index contributed by atoms with van der Waals surface area (Å²) in [5.41, 5.74) is 0.636. The summed E-state index contributed by atoms with van der Waals surface area (Å²) in [4.78, 5) is 73.6.